The van der Waals surface area contributed by atoms with Gasteiger partial charge in [0.05, 0.1) is 0 Å². The summed E-state index contributed by atoms with van der Waals surface area (Å²) < 4.78 is 11.2. The fraction of sp³-hybridized carbons (Fsp3) is 0.375. The third-order valence-corrected chi connectivity index (χ3v) is 3.97. The number of hydrogen-bond donors (Lipinski definition) is 2. The van der Waals surface area contributed by atoms with Crippen LogP contribution in [0.15, 0.2) is 18.2 Å². The first-order valence-electron chi connectivity index (χ1n) is 7.48. The summed E-state index contributed by atoms with van der Waals surface area (Å²) in [5.74, 6) is 2.24. The predicted molar refractivity (Wildman–Crippen MR) is 81.1 cm³/mol. The Kier molecular flexibility index (Phi) is 3.03. The molecule has 6 nitrogen and oxygen atoms in total. The minimum atomic E-state index is 0.0466. The number of aryl methyl sites for hydroxylation is 1. The number of aromatic amines is 1. The van der Waals surface area contributed by atoms with Gasteiger partial charge in [-0.1, -0.05) is 6.07 Å². The normalized spacial score (nSPS) is 16.4. The van der Waals surface area contributed by atoms with E-state index in [-0.39, 0.29) is 11.8 Å². The fourth-order valence-corrected chi connectivity index (χ4v) is 2.64. The van der Waals surface area contributed by atoms with E-state index in [0.717, 1.165) is 41.2 Å². The number of fused-ring (bicyclic) bond motifs is 1. The van der Waals surface area contributed by atoms with Crippen LogP contribution in [0.5, 0.6) is 11.5 Å². The zero-order valence-corrected chi connectivity index (χ0v) is 12.3. The van der Waals surface area contributed by atoms with Crippen molar-refractivity contribution in [2.24, 2.45) is 5.92 Å². The van der Waals surface area contributed by atoms with Gasteiger partial charge in [-0.25, -0.2) is 0 Å². The highest BCUT2D eigenvalue weighted by Gasteiger charge is 2.31. The van der Waals surface area contributed by atoms with Crippen LogP contribution in [0.4, 0.5) is 5.82 Å². The number of benzene rings is 1. The molecule has 2 N–H and O–H groups in total. The number of nitrogens with zero attached hydrogens (tertiary/aromatic N) is 1. The number of anilines is 1. The summed E-state index contributed by atoms with van der Waals surface area (Å²) in [5.41, 5.74) is 2.75. The highest BCUT2D eigenvalue weighted by Crippen LogP contribution is 2.38. The molecule has 1 aliphatic heterocycles. The highest BCUT2D eigenvalue weighted by atomic mass is 16.6. The van der Waals surface area contributed by atoms with E-state index < -0.39 is 0 Å². The SMILES string of the molecule is Cc1[nH]nc(NC(=O)C2CC2)c1-c1ccc2c(c1)OCCO2. The zero-order valence-electron chi connectivity index (χ0n) is 12.3. The summed E-state index contributed by atoms with van der Waals surface area (Å²) in [4.78, 5) is 12.0. The van der Waals surface area contributed by atoms with Crippen LogP contribution < -0.4 is 14.8 Å². The van der Waals surface area contributed by atoms with E-state index in [0.29, 0.717) is 19.0 Å². The second-order valence-corrected chi connectivity index (χ2v) is 5.69. The van der Waals surface area contributed by atoms with Crippen LogP contribution >= 0.6 is 0 Å². The molecule has 22 heavy (non-hydrogen) atoms. The van der Waals surface area contributed by atoms with E-state index in [4.69, 9.17) is 9.47 Å². The third-order valence-electron chi connectivity index (χ3n) is 3.97. The zero-order chi connectivity index (χ0) is 15.1. The van der Waals surface area contributed by atoms with Crippen LogP contribution in [0.3, 0.4) is 0 Å². The molecule has 0 unspecified atom stereocenters. The summed E-state index contributed by atoms with van der Waals surface area (Å²) in [5, 5.41) is 10.1. The van der Waals surface area contributed by atoms with Gasteiger partial charge in [-0.15, -0.1) is 0 Å². The van der Waals surface area contributed by atoms with E-state index in [1.165, 1.54) is 0 Å². The molecule has 114 valence electrons. The number of amides is 1. The number of rotatable bonds is 3. The lowest BCUT2D eigenvalue weighted by Gasteiger charge is -2.19. The molecular weight excluding hydrogens is 282 g/mol. The van der Waals surface area contributed by atoms with Gasteiger partial charge in [-0.3, -0.25) is 9.89 Å². The molecule has 1 fully saturated rings. The Hall–Kier alpha value is -2.50. The molecular formula is C16H17N3O3. The molecule has 2 aliphatic rings. The molecule has 1 aromatic heterocycles. The standard InChI is InChI=1S/C16H17N3O3/c1-9-14(15(19-18-9)17-16(20)10-2-3-10)11-4-5-12-13(8-11)22-7-6-21-12/h4-5,8,10H,2-3,6-7H2,1H3,(H2,17,18,19,20). The van der Waals surface area contributed by atoms with E-state index >= 15 is 0 Å². The van der Waals surface area contributed by atoms with Crippen molar-refractivity contribution in [1.29, 1.82) is 0 Å². The molecule has 2 heterocycles. The minimum Gasteiger partial charge on any atom is -0.486 e. The van der Waals surface area contributed by atoms with Crippen molar-refractivity contribution in [3.8, 4) is 22.6 Å². The van der Waals surface area contributed by atoms with Gasteiger partial charge in [0, 0.05) is 17.2 Å². The van der Waals surface area contributed by atoms with E-state index in [2.05, 4.69) is 15.5 Å². The predicted octanol–water partition coefficient (Wildman–Crippen LogP) is 2.50. The lowest BCUT2D eigenvalue weighted by Crippen LogP contribution is -2.15. The van der Waals surface area contributed by atoms with Crippen molar-refractivity contribution in [3.63, 3.8) is 0 Å². The lowest BCUT2D eigenvalue weighted by molar-refractivity contribution is -0.117. The second-order valence-electron chi connectivity index (χ2n) is 5.69. The summed E-state index contributed by atoms with van der Waals surface area (Å²) in [6, 6.07) is 5.78. The number of hydrogen-bond acceptors (Lipinski definition) is 4. The minimum absolute atomic E-state index is 0.0466. The number of nitrogens with one attached hydrogen (secondary N) is 2. The molecule has 0 bridgehead atoms. The molecule has 1 aliphatic carbocycles. The topological polar surface area (TPSA) is 76.2 Å². The molecule has 0 saturated heterocycles. The first-order chi connectivity index (χ1) is 10.7. The second kappa shape index (κ2) is 5.05. The number of carbonyl (C=O) groups excluding carboxylic acids is 1. The van der Waals surface area contributed by atoms with Gasteiger partial charge in [0.15, 0.2) is 17.3 Å². The Morgan fingerprint density at radius 2 is 2.05 bits per heavy atom. The van der Waals surface area contributed by atoms with Crippen molar-refractivity contribution < 1.29 is 14.3 Å². The first kappa shape index (κ1) is 13.2. The Labute approximate surface area is 127 Å². The quantitative estimate of drug-likeness (QED) is 0.913. The van der Waals surface area contributed by atoms with Crippen molar-refractivity contribution >= 4 is 11.7 Å². The Balaban J connectivity index is 1.69. The molecule has 2 aromatic rings. The van der Waals surface area contributed by atoms with Gasteiger partial charge >= 0.3 is 0 Å². The summed E-state index contributed by atoms with van der Waals surface area (Å²) in [6.45, 7) is 3.05. The van der Waals surface area contributed by atoms with Gasteiger partial charge in [0.25, 0.3) is 0 Å². The fourth-order valence-electron chi connectivity index (χ4n) is 2.64. The molecule has 4 rings (SSSR count). The highest BCUT2D eigenvalue weighted by molar-refractivity contribution is 5.97. The lowest BCUT2D eigenvalue weighted by atomic mass is 10.0. The Morgan fingerprint density at radius 3 is 2.82 bits per heavy atom. The maximum atomic E-state index is 12.0. The number of H-pyrrole nitrogens is 1. The summed E-state index contributed by atoms with van der Waals surface area (Å²) in [7, 11) is 0. The number of ether oxygens (including phenoxy) is 2. The number of aromatic nitrogens is 2. The van der Waals surface area contributed by atoms with E-state index in [9.17, 15) is 4.79 Å². The summed E-state index contributed by atoms with van der Waals surface area (Å²) >= 11 is 0. The maximum Gasteiger partial charge on any atom is 0.228 e. The maximum absolute atomic E-state index is 12.0. The van der Waals surface area contributed by atoms with Gasteiger partial charge in [0.1, 0.15) is 13.2 Å². The van der Waals surface area contributed by atoms with Crippen LogP contribution in [0, 0.1) is 12.8 Å². The molecule has 0 radical (unpaired) electrons. The molecule has 6 heteroatoms. The van der Waals surface area contributed by atoms with Crippen molar-refractivity contribution in [2.45, 2.75) is 19.8 Å². The van der Waals surface area contributed by atoms with E-state index in [1.807, 2.05) is 25.1 Å². The smallest absolute Gasteiger partial charge is 0.228 e. The monoisotopic (exact) mass is 299 g/mol. The molecule has 1 saturated carbocycles. The van der Waals surface area contributed by atoms with Crippen molar-refractivity contribution in [1.82, 2.24) is 10.2 Å². The molecule has 0 spiro atoms. The van der Waals surface area contributed by atoms with Crippen LogP contribution in [0.1, 0.15) is 18.5 Å². The average molecular weight is 299 g/mol. The Bertz CT molecular complexity index is 734. The van der Waals surface area contributed by atoms with Crippen LogP contribution in [0.25, 0.3) is 11.1 Å². The van der Waals surface area contributed by atoms with E-state index in [1.54, 1.807) is 0 Å². The average Bonchev–Trinajstić information content (AvgIpc) is 3.32. The largest absolute Gasteiger partial charge is 0.486 e. The van der Waals surface area contributed by atoms with Gasteiger partial charge in [0.2, 0.25) is 5.91 Å². The van der Waals surface area contributed by atoms with Crippen LogP contribution in [0.2, 0.25) is 0 Å². The third kappa shape index (κ3) is 2.30. The van der Waals surface area contributed by atoms with Gasteiger partial charge < -0.3 is 14.8 Å². The molecule has 1 amide bonds. The van der Waals surface area contributed by atoms with Gasteiger partial charge in [-0.2, -0.15) is 5.10 Å². The van der Waals surface area contributed by atoms with Crippen molar-refractivity contribution in [3.05, 3.63) is 23.9 Å². The summed E-state index contributed by atoms with van der Waals surface area (Å²) in [6.07, 6.45) is 1.93. The Morgan fingerprint density at radius 1 is 1.27 bits per heavy atom. The van der Waals surface area contributed by atoms with Gasteiger partial charge in [-0.05, 0) is 37.5 Å². The van der Waals surface area contributed by atoms with Crippen LogP contribution in [-0.4, -0.2) is 29.3 Å². The molecule has 0 atom stereocenters. The number of carbonyl (C=O) groups is 1. The van der Waals surface area contributed by atoms with Crippen molar-refractivity contribution in [2.75, 3.05) is 18.5 Å². The molecule has 1 aromatic carbocycles. The van der Waals surface area contributed by atoms with Crippen LogP contribution in [-0.2, 0) is 4.79 Å². The first-order valence-corrected chi connectivity index (χ1v) is 7.48.